The number of hydrogen-bond donors (Lipinski definition) is 5. The van der Waals surface area contributed by atoms with E-state index in [0.29, 0.717) is 42.0 Å². The Hall–Kier alpha value is -4.04. The van der Waals surface area contributed by atoms with Crippen molar-refractivity contribution in [3.63, 3.8) is 0 Å². The van der Waals surface area contributed by atoms with E-state index in [-0.39, 0.29) is 49.0 Å². The van der Waals surface area contributed by atoms with Crippen LogP contribution in [0, 0.1) is 29.1 Å². The highest BCUT2D eigenvalue weighted by Crippen LogP contribution is 2.61. The number of para-hydroxylation sites is 1. The first kappa shape index (κ1) is 45.0. The fraction of sp³-hybridized carbons (Fsp3) is 0.592. The number of fused-ring (bicyclic) bond motifs is 2. The summed E-state index contributed by atoms with van der Waals surface area (Å²) >= 11 is 0. The largest absolute Gasteiger partial charge is 0.496 e. The van der Waals surface area contributed by atoms with E-state index in [1.165, 1.54) is 31.2 Å². The molecule has 6 N–H and O–H groups in total. The van der Waals surface area contributed by atoms with Gasteiger partial charge in [0.05, 0.1) is 32.5 Å². The number of piperidine rings is 1. The predicted octanol–water partition coefficient (Wildman–Crippen LogP) is 5.24. The van der Waals surface area contributed by atoms with Crippen LogP contribution in [0.5, 0.6) is 5.75 Å². The van der Waals surface area contributed by atoms with Crippen molar-refractivity contribution in [1.82, 2.24) is 20.6 Å². The molecule has 8 rings (SSSR count). The zero-order valence-electron chi connectivity index (χ0n) is 37.2. The summed E-state index contributed by atoms with van der Waals surface area (Å²) in [6.07, 6.45) is 5.05. The van der Waals surface area contributed by atoms with Gasteiger partial charge in [0.1, 0.15) is 11.8 Å². The maximum absolute atomic E-state index is 14.4. The quantitative estimate of drug-likeness (QED) is 0.122. The van der Waals surface area contributed by atoms with Gasteiger partial charge in [-0.15, -0.1) is 0 Å². The van der Waals surface area contributed by atoms with E-state index in [1.54, 1.807) is 19.1 Å². The van der Waals surface area contributed by atoms with Crippen LogP contribution in [-0.4, -0.2) is 116 Å². The molecule has 9 atom stereocenters. The third-order valence-corrected chi connectivity index (χ3v) is 14.7. The molecule has 3 aromatic rings. The van der Waals surface area contributed by atoms with Gasteiger partial charge < -0.3 is 41.1 Å². The standard InChI is InChI=1S/C49H70N6O6/c1-31-41-26-37(49(41,3)4)27-42(31)52-48(59)45-44(32(2)57)43(28-50)61-55(45)29-34-16-13-17-40(46(34)60-6)35-23-36(25-39(24-35)53(5)20-21-56)47(58)51-38(22-33-14-9-7-10-15-33)30-54-18-11-8-12-19-54/h7,9-10,13-17,23-25,31-32,37-38,41-45,56-57H,8,11-12,18-22,26-30,50H2,1-6H3,(H,51,58)(H,52,59)/t31-,32-,37+,38-,41-,42-,43-,44+,45-/m0/s1. The van der Waals surface area contributed by atoms with Crippen molar-refractivity contribution >= 4 is 17.5 Å². The fourth-order valence-corrected chi connectivity index (χ4v) is 11.1. The highest BCUT2D eigenvalue weighted by Gasteiger charge is 2.57. The number of carbonyl (C=O) groups is 2. The lowest BCUT2D eigenvalue weighted by molar-refractivity contribution is -0.175. The second-order valence-corrected chi connectivity index (χ2v) is 18.9. The second kappa shape index (κ2) is 19.6. The van der Waals surface area contributed by atoms with E-state index in [9.17, 15) is 19.8 Å². The number of nitrogens with two attached hydrogens (primary N) is 1. The molecule has 3 saturated carbocycles. The Kier molecular flexibility index (Phi) is 14.4. The molecule has 2 saturated heterocycles. The SMILES string of the molecule is COc1c(CN2O[C@@H](CN)[C@@H]([C@H](C)O)[C@H]2C(=O)N[C@H]2C[C@H]3C[C@@H]([C@@H]2C)C3(C)C)cccc1-c1cc(C(=O)N[C@@H](Cc2ccccc2)CN2CCCCC2)cc(N(C)CCO)c1. The minimum atomic E-state index is -0.839. The van der Waals surface area contributed by atoms with Crippen LogP contribution in [0.1, 0.15) is 81.3 Å². The molecule has 5 aliphatic rings. The number of likely N-dealkylation sites (tertiary alicyclic amines) is 1. The Balaban J connectivity index is 1.17. The molecule has 3 aromatic carbocycles. The molecule has 12 heteroatoms. The van der Waals surface area contributed by atoms with Crippen molar-refractivity contribution in [3.8, 4) is 16.9 Å². The van der Waals surface area contributed by atoms with Gasteiger partial charge in [0.15, 0.2) is 0 Å². The number of amides is 2. The van der Waals surface area contributed by atoms with Gasteiger partial charge in [0, 0.05) is 67.1 Å². The third kappa shape index (κ3) is 9.80. The summed E-state index contributed by atoms with van der Waals surface area (Å²) < 4.78 is 6.18. The number of ether oxygens (including phenoxy) is 1. The Morgan fingerprint density at radius 1 is 1.05 bits per heavy atom. The van der Waals surface area contributed by atoms with Gasteiger partial charge in [-0.2, -0.15) is 5.06 Å². The molecular formula is C49H70N6O6. The lowest BCUT2D eigenvalue weighted by Gasteiger charge is -2.62. The Labute approximate surface area is 363 Å². The first-order valence-electron chi connectivity index (χ1n) is 22.6. The number of nitrogens with one attached hydrogen (secondary N) is 2. The topological polar surface area (TPSA) is 153 Å². The molecule has 12 nitrogen and oxygen atoms in total. The van der Waals surface area contributed by atoms with Crippen LogP contribution in [-0.2, 0) is 22.6 Å². The maximum atomic E-state index is 14.4. The first-order chi connectivity index (χ1) is 29.3. The normalized spacial score (nSPS) is 27.1. The van der Waals surface area contributed by atoms with Crippen LogP contribution >= 0.6 is 0 Å². The molecule has 0 unspecified atom stereocenters. The Morgan fingerprint density at radius 3 is 2.46 bits per heavy atom. The molecule has 5 fully saturated rings. The predicted molar refractivity (Wildman–Crippen MR) is 240 cm³/mol. The smallest absolute Gasteiger partial charge is 0.251 e. The number of benzene rings is 3. The van der Waals surface area contributed by atoms with Crippen molar-refractivity contribution in [2.24, 2.45) is 34.8 Å². The van der Waals surface area contributed by atoms with Gasteiger partial charge in [0.2, 0.25) is 5.91 Å². The van der Waals surface area contributed by atoms with Crippen LogP contribution < -0.4 is 26.0 Å². The monoisotopic (exact) mass is 839 g/mol. The number of likely N-dealkylation sites (N-methyl/N-ethyl adjacent to an activating group) is 1. The van der Waals surface area contributed by atoms with E-state index < -0.39 is 24.2 Å². The molecule has 2 amide bonds. The summed E-state index contributed by atoms with van der Waals surface area (Å²) in [6.45, 7) is 12.2. The number of hydrogen-bond acceptors (Lipinski definition) is 10. The average Bonchev–Trinajstić information content (AvgIpc) is 3.63. The fourth-order valence-electron chi connectivity index (χ4n) is 11.1. The molecular weight excluding hydrogens is 769 g/mol. The van der Waals surface area contributed by atoms with Crippen LogP contribution in [0.2, 0.25) is 0 Å². The molecule has 2 bridgehead atoms. The molecule has 3 aliphatic carbocycles. The number of anilines is 1. The number of nitrogens with zero attached hydrogens (tertiary/aromatic N) is 3. The molecule has 2 aliphatic heterocycles. The third-order valence-electron chi connectivity index (χ3n) is 14.7. The van der Waals surface area contributed by atoms with E-state index in [0.717, 1.165) is 48.4 Å². The van der Waals surface area contributed by atoms with Crippen molar-refractivity contribution < 1.29 is 29.4 Å². The minimum absolute atomic E-state index is 0.0450. The van der Waals surface area contributed by atoms with Crippen LogP contribution in [0.4, 0.5) is 5.69 Å². The summed E-state index contributed by atoms with van der Waals surface area (Å²) in [5.41, 5.74) is 11.3. The van der Waals surface area contributed by atoms with Gasteiger partial charge in [-0.25, -0.2) is 0 Å². The molecule has 332 valence electrons. The lowest BCUT2D eigenvalue weighted by atomic mass is 9.45. The lowest BCUT2D eigenvalue weighted by Crippen LogP contribution is -2.62. The second-order valence-electron chi connectivity index (χ2n) is 18.9. The molecule has 2 heterocycles. The average molecular weight is 839 g/mol. The molecule has 0 spiro atoms. The number of aliphatic hydroxyl groups is 2. The van der Waals surface area contributed by atoms with Gasteiger partial charge in [-0.3, -0.25) is 14.4 Å². The number of aliphatic hydroxyl groups excluding tert-OH is 2. The molecule has 0 aromatic heterocycles. The van der Waals surface area contributed by atoms with E-state index in [2.05, 4.69) is 48.4 Å². The zero-order chi connectivity index (χ0) is 43.4. The Bertz CT molecular complexity index is 1950. The van der Waals surface area contributed by atoms with Crippen molar-refractivity contribution in [2.75, 3.05) is 58.4 Å². The summed E-state index contributed by atoms with van der Waals surface area (Å²) in [6, 6.07) is 21.2. The van der Waals surface area contributed by atoms with Crippen LogP contribution in [0.15, 0.2) is 66.7 Å². The summed E-state index contributed by atoms with van der Waals surface area (Å²) in [5.74, 6) is 1.20. The van der Waals surface area contributed by atoms with Crippen LogP contribution in [0.3, 0.4) is 0 Å². The van der Waals surface area contributed by atoms with Gasteiger partial charge in [-0.05, 0) is 105 Å². The highest BCUT2D eigenvalue weighted by atomic mass is 16.7. The number of methoxy groups -OCH3 is 1. The first-order valence-corrected chi connectivity index (χ1v) is 22.6. The van der Waals surface area contributed by atoms with Gasteiger partial charge >= 0.3 is 0 Å². The van der Waals surface area contributed by atoms with Crippen molar-refractivity contribution in [1.29, 1.82) is 0 Å². The molecule has 61 heavy (non-hydrogen) atoms. The van der Waals surface area contributed by atoms with E-state index >= 15 is 0 Å². The summed E-state index contributed by atoms with van der Waals surface area (Å²) in [5, 5.41) is 29.5. The van der Waals surface area contributed by atoms with Crippen molar-refractivity contribution in [2.45, 2.75) is 103 Å². The Morgan fingerprint density at radius 2 is 1.80 bits per heavy atom. The highest BCUT2D eigenvalue weighted by molar-refractivity contribution is 5.97. The van der Waals surface area contributed by atoms with Gasteiger partial charge in [-0.1, -0.05) is 75.7 Å². The molecule has 0 radical (unpaired) electrons. The van der Waals surface area contributed by atoms with Gasteiger partial charge in [0.25, 0.3) is 5.91 Å². The minimum Gasteiger partial charge on any atom is -0.496 e. The number of hydroxylamine groups is 2. The number of rotatable bonds is 17. The van der Waals surface area contributed by atoms with E-state index in [1.807, 2.05) is 66.5 Å². The number of carbonyl (C=O) groups excluding carboxylic acids is 2. The maximum Gasteiger partial charge on any atom is 0.251 e. The summed E-state index contributed by atoms with van der Waals surface area (Å²) in [4.78, 5) is 39.7. The summed E-state index contributed by atoms with van der Waals surface area (Å²) in [7, 11) is 3.53. The zero-order valence-corrected chi connectivity index (χ0v) is 37.2. The van der Waals surface area contributed by atoms with E-state index in [4.69, 9.17) is 15.3 Å². The van der Waals surface area contributed by atoms with Crippen molar-refractivity contribution in [3.05, 3.63) is 83.4 Å². The van der Waals surface area contributed by atoms with Crippen LogP contribution in [0.25, 0.3) is 11.1 Å².